The molecule has 0 aromatic carbocycles. The molecule has 106 valence electrons. The van der Waals surface area contributed by atoms with E-state index in [2.05, 4.69) is 5.32 Å². The van der Waals surface area contributed by atoms with Crippen LogP contribution in [0.15, 0.2) is 21.6 Å². The normalized spacial score (nSPS) is 12.9. The second kappa shape index (κ2) is 5.87. The molecule has 0 saturated heterocycles. The van der Waals surface area contributed by atoms with E-state index >= 15 is 0 Å². The van der Waals surface area contributed by atoms with Gasteiger partial charge in [-0.25, -0.2) is 13.2 Å². The van der Waals surface area contributed by atoms with Gasteiger partial charge in [0.2, 0.25) is 14.9 Å². The number of sulfone groups is 1. The fourth-order valence-corrected chi connectivity index (χ4v) is 1.97. The summed E-state index contributed by atoms with van der Waals surface area (Å²) < 4.78 is 27.2. The second-order valence-corrected chi connectivity index (χ2v) is 5.99. The first-order valence-electron chi connectivity index (χ1n) is 5.59. The molecule has 1 aromatic rings. The number of hydrogen-bond acceptors (Lipinski definition) is 5. The quantitative estimate of drug-likeness (QED) is 0.795. The second-order valence-electron chi connectivity index (χ2n) is 4.04. The minimum Gasteiger partial charge on any atom is -0.480 e. The number of carboxylic acids is 1. The molecule has 0 spiro atoms. The Labute approximate surface area is 110 Å². The summed E-state index contributed by atoms with van der Waals surface area (Å²) in [5, 5.41) is 10.8. The number of nitrogens with one attached hydrogen (secondary N) is 1. The van der Waals surface area contributed by atoms with Gasteiger partial charge < -0.3 is 14.8 Å². The van der Waals surface area contributed by atoms with Crippen molar-refractivity contribution in [2.24, 2.45) is 0 Å². The van der Waals surface area contributed by atoms with Gasteiger partial charge in [0.25, 0.3) is 5.91 Å². The number of furan rings is 1. The molecule has 1 atom stereocenters. The van der Waals surface area contributed by atoms with Crippen LogP contribution in [-0.4, -0.2) is 37.7 Å². The topological polar surface area (TPSA) is 114 Å². The van der Waals surface area contributed by atoms with Crippen LogP contribution in [0.3, 0.4) is 0 Å². The number of carbonyl (C=O) groups is 2. The van der Waals surface area contributed by atoms with E-state index in [9.17, 15) is 18.0 Å². The number of amides is 1. The van der Waals surface area contributed by atoms with E-state index in [0.29, 0.717) is 6.42 Å². The summed E-state index contributed by atoms with van der Waals surface area (Å²) in [6, 6.07) is 1.32. The molecule has 0 radical (unpaired) electrons. The van der Waals surface area contributed by atoms with Gasteiger partial charge in [-0.3, -0.25) is 4.79 Å². The first-order valence-corrected chi connectivity index (χ1v) is 7.48. The number of carboxylic acid groups (broad SMARTS) is 1. The van der Waals surface area contributed by atoms with Gasteiger partial charge in [0.05, 0.1) is 0 Å². The molecule has 0 fully saturated rings. The molecule has 1 rings (SSSR count). The zero-order valence-corrected chi connectivity index (χ0v) is 11.4. The number of carbonyl (C=O) groups excluding carboxylic acids is 1. The summed E-state index contributed by atoms with van der Waals surface area (Å²) >= 11 is 0. The van der Waals surface area contributed by atoms with Crippen molar-refractivity contribution in [2.45, 2.75) is 30.9 Å². The van der Waals surface area contributed by atoms with E-state index in [0.717, 1.165) is 12.3 Å². The van der Waals surface area contributed by atoms with Crippen molar-refractivity contribution in [2.75, 3.05) is 6.26 Å². The summed E-state index contributed by atoms with van der Waals surface area (Å²) in [5.74, 6) is -2.14. The summed E-state index contributed by atoms with van der Waals surface area (Å²) in [4.78, 5) is 22.6. The highest BCUT2D eigenvalue weighted by atomic mass is 32.2. The van der Waals surface area contributed by atoms with Crippen molar-refractivity contribution in [3.05, 3.63) is 17.9 Å². The number of rotatable bonds is 6. The highest BCUT2D eigenvalue weighted by Crippen LogP contribution is 2.13. The van der Waals surface area contributed by atoms with Crippen molar-refractivity contribution in [1.29, 1.82) is 0 Å². The molecule has 19 heavy (non-hydrogen) atoms. The van der Waals surface area contributed by atoms with Crippen LogP contribution in [0.1, 0.15) is 30.3 Å². The fraction of sp³-hybridized carbons (Fsp3) is 0.455. The molecule has 1 unspecified atom stereocenters. The Balaban J connectivity index is 2.83. The first-order chi connectivity index (χ1) is 8.75. The zero-order chi connectivity index (χ0) is 14.6. The third-order valence-electron chi connectivity index (χ3n) is 2.35. The maximum Gasteiger partial charge on any atom is 0.326 e. The minimum atomic E-state index is -3.53. The van der Waals surface area contributed by atoms with Gasteiger partial charge in [-0.1, -0.05) is 13.3 Å². The van der Waals surface area contributed by atoms with Crippen molar-refractivity contribution < 1.29 is 27.5 Å². The predicted molar refractivity (Wildman–Crippen MR) is 65.6 cm³/mol. The Kier molecular flexibility index (Phi) is 4.71. The third kappa shape index (κ3) is 4.09. The molecule has 8 heteroatoms. The van der Waals surface area contributed by atoms with Crippen LogP contribution in [0.2, 0.25) is 0 Å². The summed E-state index contributed by atoms with van der Waals surface area (Å²) in [6.07, 6.45) is 1.81. The molecule has 1 amide bonds. The van der Waals surface area contributed by atoms with Crippen molar-refractivity contribution >= 4 is 21.7 Å². The summed E-state index contributed by atoms with van der Waals surface area (Å²) in [7, 11) is -3.53. The molecule has 0 saturated carbocycles. The lowest BCUT2D eigenvalue weighted by molar-refractivity contribution is -0.139. The molecule has 2 N–H and O–H groups in total. The van der Waals surface area contributed by atoms with Crippen molar-refractivity contribution in [3.8, 4) is 0 Å². The van der Waals surface area contributed by atoms with Crippen LogP contribution < -0.4 is 5.32 Å². The average molecular weight is 289 g/mol. The average Bonchev–Trinajstić information content (AvgIpc) is 2.76. The maximum absolute atomic E-state index is 11.7. The standard InChI is InChI=1S/C11H15NO6S/c1-3-4-7(11(14)15)12-10(13)8-5-6-9(18-8)19(2,16)17/h5-7H,3-4H2,1-2H3,(H,12,13)(H,14,15). The third-order valence-corrected chi connectivity index (χ3v) is 3.30. The van der Waals surface area contributed by atoms with Crippen molar-refractivity contribution in [1.82, 2.24) is 5.32 Å². The molecular formula is C11H15NO6S. The predicted octanol–water partition coefficient (Wildman–Crippen LogP) is 0.666. The van der Waals surface area contributed by atoms with Gasteiger partial charge in [0.15, 0.2) is 5.76 Å². The van der Waals surface area contributed by atoms with E-state index in [1.807, 2.05) is 0 Å². The molecule has 0 bridgehead atoms. The molecule has 7 nitrogen and oxygen atoms in total. The lowest BCUT2D eigenvalue weighted by Crippen LogP contribution is -2.40. The highest BCUT2D eigenvalue weighted by molar-refractivity contribution is 7.90. The van der Waals surface area contributed by atoms with Gasteiger partial charge in [0, 0.05) is 6.26 Å². The highest BCUT2D eigenvalue weighted by Gasteiger charge is 2.22. The smallest absolute Gasteiger partial charge is 0.326 e. The lowest BCUT2D eigenvalue weighted by atomic mass is 10.1. The van der Waals surface area contributed by atoms with Crippen molar-refractivity contribution in [3.63, 3.8) is 0 Å². The van der Waals surface area contributed by atoms with Crippen LogP contribution >= 0.6 is 0 Å². The van der Waals surface area contributed by atoms with Crippen LogP contribution in [0.5, 0.6) is 0 Å². The lowest BCUT2D eigenvalue weighted by Gasteiger charge is -2.11. The minimum absolute atomic E-state index is 0.234. The van der Waals surface area contributed by atoms with Crippen LogP contribution in [0.4, 0.5) is 0 Å². The van der Waals surface area contributed by atoms with Crippen LogP contribution in [0, 0.1) is 0 Å². The Morgan fingerprint density at radius 3 is 2.47 bits per heavy atom. The van der Waals surface area contributed by atoms with E-state index in [1.165, 1.54) is 6.07 Å². The van der Waals surface area contributed by atoms with Gasteiger partial charge in [-0.15, -0.1) is 0 Å². The SMILES string of the molecule is CCCC(NC(=O)c1ccc(S(C)(=O)=O)o1)C(=O)O. The molecule has 0 aliphatic heterocycles. The Hall–Kier alpha value is -1.83. The summed E-state index contributed by atoms with van der Waals surface area (Å²) in [5.41, 5.74) is 0. The maximum atomic E-state index is 11.7. The molecule has 0 aliphatic rings. The fourth-order valence-electron chi connectivity index (χ4n) is 1.42. The van der Waals surface area contributed by atoms with E-state index in [1.54, 1.807) is 6.92 Å². The number of aliphatic carboxylic acids is 1. The zero-order valence-electron chi connectivity index (χ0n) is 10.5. The summed E-state index contributed by atoms with van der Waals surface area (Å²) in [6.45, 7) is 1.79. The van der Waals surface area contributed by atoms with E-state index in [4.69, 9.17) is 9.52 Å². The van der Waals surface area contributed by atoms with E-state index in [-0.39, 0.29) is 17.3 Å². The Morgan fingerprint density at radius 1 is 1.42 bits per heavy atom. The monoisotopic (exact) mass is 289 g/mol. The molecule has 0 aliphatic carbocycles. The number of hydrogen-bond donors (Lipinski definition) is 2. The Bertz CT molecular complexity index is 574. The molecule has 1 heterocycles. The van der Waals surface area contributed by atoms with Gasteiger partial charge in [0.1, 0.15) is 6.04 Å². The van der Waals surface area contributed by atoms with Gasteiger partial charge in [-0.2, -0.15) is 0 Å². The molecule has 1 aromatic heterocycles. The van der Waals surface area contributed by atoms with Crippen LogP contribution in [0.25, 0.3) is 0 Å². The first kappa shape index (κ1) is 15.2. The molecular weight excluding hydrogens is 274 g/mol. The van der Waals surface area contributed by atoms with Gasteiger partial charge >= 0.3 is 5.97 Å². The Morgan fingerprint density at radius 2 is 2.05 bits per heavy atom. The van der Waals surface area contributed by atoms with Gasteiger partial charge in [-0.05, 0) is 18.6 Å². The largest absolute Gasteiger partial charge is 0.480 e. The van der Waals surface area contributed by atoms with Crippen LogP contribution in [-0.2, 0) is 14.6 Å². The van der Waals surface area contributed by atoms with E-state index < -0.39 is 27.8 Å².